The van der Waals surface area contributed by atoms with Crippen molar-refractivity contribution < 1.29 is 18.7 Å². The molecule has 0 aliphatic carbocycles. The Kier molecular flexibility index (Phi) is 8.34. The number of para-hydroxylation sites is 1. The maximum absolute atomic E-state index is 13.5. The lowest BCUT2D eigenvalue weighted by atomic mass is 10.0. The molecule has 0 bridgehead atoms. The minimum Gasteiger partial charge on any atom is -0.491 e. The minimum atomic E-state index is -0.400. The Bertz CT molecular complexity index is 597. The lowest BCUT2D eigenvalue weighted by Gasteiger charge is -2.36. The summed E-state index contributed by atoms with van der Waals surface area (Å²) in [6, 6.07) is 6.26. The third-order valence-corrected chi connectivity index (χ3v) is 4.48. The van der Waals surface area contributed by atoms with Crippen molar-refractivity contribution >= 4 is 11.8 Å². The number of hydrogen-bond acceptors (Lipinski definition) is 4. The van der Waals surface area contributed by atoms with E-state index in [1.807, 2.05) is 4.90 Å². The third-order valence-electron chi connectivity index (χ3n) is 4.48. The van der Waals surface area contributed by atoms with E-state index in [-0.39, 0.29) is 23.6 Å². The number of hydrogen-bond donors (Lipinski definition) is 2. The zero-order valence-electron chi connectivity index (χ0n) is 15.1. The molecule has 1 aliphatic rings. The molecule has 26 heavy (non-hydrogen) atoms. The van der Waals surface area contributed by atoms with Crippen LogP contribution in [0.4, 0.5) is 4.39 Å². The first-order chi connectivity index (χ1) is 12.6. The average molecular weight is 365 g/mol. The van der Waals surface area contributed by atoms with E-state index >= 15 is 0 Å². The highest BCUT2D eigenvalue weighted by atomic mass is 19.1. The zero-order chi connectivity index (χ0) is 18.8. The van der Waals surface area contributed by atoms with Crippen molar-refractivity contribution in [2.45, 2.75) is 44.6 Å². The Morgan fingerprint density at radius 1 is 1.27 bits per heavy atom. The standard InChI is InChI=1S/C19H28FN3O3/c20-16-7-1-2-8-17(16)26-13-5-9-19(25)23-12-4-3-6-15(23)14-22-18(24)10-11-21/h1-2,7-8,15H,3-6,9-14,21H2,(H,22,24). The van der Waals surface area contributed by atoms with Crippen LogP contribution in [-0.2, 0) is 9.59 Å². The van der Waals surface area contributed by atoms with Gasteiger partial charge in [0.05, 0.1) is 6.61 Å². The van der Waals surface area contributed by atoms with Crippen molar-refractivity contribution in [3.05, 3.63) is 30.1 Å². The molecule has 1 saturated heterocycles. The molecular weight excluding hydrogens is 337 g/mol. The number of rotatable bonds is 9. The first-order valence-electron chi connectivity index (χ1n) is 9.25. The van der Waals surface area contributed by atoms with Crippen LogP contribution in [0.15, 0.2) is 24.3 Å². The maximum Gasteiger partial charge on any atom is 0.223 e. The van der Waals surface area contributed by atoms with E-state index in [1.54, 1.807) is 18.2 Å². The van der Waals surface area contributed by atoms with Crippen LogP contribution >= 0.6 is 0 Å². The van der Waals surface area contributed by atoms with Gasteiger partial charge in [-0.2, -0.15) is 0 Å². The van der Waals surface area contributed by atoms with Gasteiger partial charge in [-0.25, -0.2) is 4.39 Å². The van der Waals surface area contributed by atoms with Gasteiger partial charge >= 0.3 is 0 Å². The van der Waals surface area contributed by atoms with Crippen LogP contribution in [0.25, 0.3) is 0 Å². The summed E-state index contributed by atoms with van der Waals surface area (Å²) in [6.07, 6.45) is 4.09. The van der Waals surface area contributed by atoms with Gasteiger partial charge in [0.1, 0.15) is 0 Å². The van der Waals surface area contributed by atoms with E-state index in [9.17, 15) is 14.0 Å². The summed E-state index contributed by atoms with van der Waals surface area (Å²) in [5.41, 5.74) is 5.37. The van der Waals surface area contributed by atoms with Crippen molar-refractivity contribution in [2.24, 2.45) is 5.73 Å². The molecular formula is C19H28FN3O3. The Labute approximate surface area is 153 Å². The van der Waals surface area contributed by atoms with E-state index in [1.165, 1.54) is 6.07 Å². The molecule has 0 aromatic heterocycles. The number of piperidine rings is 1. The fourth-order valence-electron chi connectivity index (χ4n) is 3.10. The highest BCUT2D eigenvalue weighted by Gasteiger charge is 2.26. The van der Waals surface area contributed by atoms with Crippen molar-refractivity contribution in [3.63, 3.8) is 0 Å². The predicted octanol–water partition coefficient (Wildman–Crippen LogP) is 1.83. The number of ether oxygens (including phenoxy) is 1. The van der Waals surface area contributed by atoms with Crippen LogP contribution in [0, 0.1) is 5.82 Å². The maximum atomic E-state index is 13.5. The molecule has 2 amide bonds. The van der Waals surface area contributed by atoms with Crippen molar-refractivity contribution in [1.29, 1.82) is 0 Å². The summed E-state index contributed by atoms with van der Waals surface area (Å²) in [7, 11) is 0. The fraction of sp³-hybridized carbons (Fsp3) is 0.579. The number of nitrogens with two attached hydrogens (primary N) is 1. The lowest BCUT2D eigenvalue weighted by Crippen LogP contribution is -2.49. The molecule has 0 saturated carbocycles. The normalized spacial score (nSPS) is 17.0. The van der Waals surface area contributed by atoms with Crippen LogP contribution in [-0.4, -0.2) is 49.0 Å². The van der Waals surface area contributed by atoms with Crippen LogP contribution in [0.5, 0.6) is 5.75 Å². The molecule has 2 rings (SSSR count). The Morgan fingerprint density at radius 2 is 2.08 bits per heavy atom. The molecule has 7 heteroatoms. The number of nitrogens with zero attached hydrogens (tertiary/aromatic N) is 1. The van der Waals surface area contributed by atoms with E-state index in [4.69, 9.17) is 10.5 Å². The largest absolute Gasteiger partial charge is 0.491 e. The van der Waals surface area contributed by atoms with E-state index in [2.05, 4.69) is 5.32 Å². The predicted molar refractivity (Wildman–Crippen MR) is 97.2 cm³/mol. The van der Waals surface area contributed by atoms with Gasteiger partial charge in [-0.15, -0.1) is 0 Å². The summed E-state index contributed by atoms with van der Waals surface area (Å²) in [5.74, 6) is -0.217. The molecule has 6 nitrogen and oxygen atoms in total. The van der Waals surface area contributed by atoms with E-state index in [0.29, 0.717) is 45.5 Å². The molecule has 1 unspecified atom stereocenters. The number of likely N-dealkylation sites (tertiary alicyclic amines) is 1. The fourth-order valence-corrected chi connectivity index (χ4v) is 3.10. The summed E-state index contributed by atoms with van der Waals surface area (Å²) in [4.78, 5) is 26.0. The van der Waals surface area contributed by atoms with Crippen molar-refractivity contribution in [2.75, 3.05) is 26.2 Å². The van der Waals surface area contributed by atoms with Gasteiger partial charge in [-0.3, -0.25) is 9.59 Å². The SMILES string of the molecule is NCCC(=O)NCC1CCCCN1C(=O)CCCOc1ccccc1F. The molecule has 1 aromatic rings. The zero-order valence-corrected chi connectivity index (χ0v) is 15.1. The summed E-state index contributed by atoms with van der Waals surface area (Å²) < 4.78 is 18.9. The second kappa shape index (κ2) is 10.8. The van der Waals surface area contributed by atoms with Gasteiger partial charge in [0, 0.05) is 38.5 Å². The van der Waals surface area contributed by atoms with Gasteiger partial charge in [0.25, 0.3) is 0 Å². The van der Waals surface area contributed by atoms with Gasteiger partial charge in [0.15, 0.2) is 11.6 Å². The molecule has 0 spiro atoms. The number of benzene rings is 1. The van der Waals surface area contributed by atoms with Crippen LogP contribution in [0.1, 0.15) is 38.5 Å². The van der Waals surface area contributed by atoms with Crippen LogP contribution in [0.3, 0.4) is 0 Å². The van der Waals surface area contributed by atoms with Crippen LogP contribution < -0.4 is 15.8 Å². The topological polar surface area (TPSA) is 84.7 Å². The molecule has 3 N–H and O–H groups in total. The summed E-state index contributed by atoms with van der Waals surface area (Å²) in [5, 5.41) is 2.85. The quantitative estimate of drug-likeness (QED) is 0.654. The average Bonchev–Trinajstić information content (AvgIpc) is 2.65. The van der Waals surface area contributed by atoms with Gasteiger partial charge in [0.2, 0.25) is 11.8 Å². The highest BCUT2D eigenvalue weighted by Crippen LogP contribution is 2.19. The monoisotopic (exact) mass is 365 g/mol. The summed E-state index contributed by atoms with van der Waals surface area (Å²) >= 11 is 0. The molecule has 1 atom stereocenters. The molecule has 1 heterocycles. The van der Waals surface area contributed by atoms with Crippen molar-refractivity contribution in [1.82, 2.24) is 10.2 Å². The Hall–Kier alpha value is -2.15. The second-order valence-corrected chi connectivity index (χ2v) is 6.46. The molecule has 1 aromatic carbocycles. The lowest BCUT2D eigenvalue weighted by molar-refractivity contribution is -0.135. The smallest absolute Gasteiger partial charge is 0.223 e. The second-order valence-electron chi connectivity index (χ2n) is 6.46. The molecule has 1 aliphatic heterocycles. The van der Waals surface area contributed by atoms with Gasteiger partial charge < -0.3 is 20.7 Å². The Morgan fingerprint density at radius 3 is 2.85 bits per heavy atom. The first-order valence-corrected chi connectivity index (χ1v) is 9.25. The number of carbonyl (C=O) groups is 2. The minimum absolute atomic E-state index is 0.0328. The van der Waals surface area contributed by atoms with Crippen LogP contribution in [0.2, 0.25) is 0 Å². The summed E-state index contributed by atoms with van der Waals surface area (Å²) in [6.45, 7) is 1.79. The van der Waals surface area contributed by atoms with Gasteiger partial charge in [-0.05, 0) is 37.8 Å². The van der Waals surface area contributed by atoms with E-state index in [0.717, 1.165) is 19.3 Å². The Balaban J connectivity index is 1.75. The number of amides is 2. The van der Waals surface area contributed by atoms with Gasteiger partial charge in [-0.1, -0.05) is 12.1 Å². The highest BCUT2D eigenvalue weighted by molar-refractivity contribution is 5.77. The molecule has 1 fully saturated rings. The molecule has 144 valence electrons. The third kappa shape index (κ3) is 6.29. The van der Waals surface area contributed by atoms with Crippen molar-refractivity contribution in [3.8, 4) is 5.75 Å². The number of carbonyl (C=O) groups excluding carboxylic acids is 2. The number of nitrogens with one attached hydrogen (secondary N) is 1. The number of halogens is 1. The first kappa shape index (κ1) is 20.2. The van der Waals surface area contributed by atoms with E-state index < -0.39 is 5.82 Å². The molecule has 0 radical (unpaired) electrons.